The number of nitrogens with one attached hydrogen (secondary N) is 1. The zero-order chi connectivity index (χ0) is 23.6. The van der Waals surface area contributed by atoms with Gasteiger partial charge in [-0.25, -0.2) is 4.68 Å². The highest BCUT2D eigenvalue weighted by atomic mass is 16.5. The number of benzene rings is 1. The molecule has 1 saturated carbocycles. The quantitative estimate of drug-likeness (QED) is 0.679. The fourth-order valence-corrected chi connectivity index (χ4v) is 3.96. The maximum Gasteiger partial charge on any atom is 0.309 e. The van der Waals surface area contributed by atoms with E-state index in [4.69, 9.17) is 4.74 Å². The van der Waals surface area contributed by atoms with Gasteiger partial charge in [-0.15, -0.1) is 0 Å². The molecule has 0 unspecified atom stereocenters. The number of amides is 2. The van der Waals surface area contributed by atoms with Crippen molar-refractivity contribution in [1.82, 2.24) is 14.7 Å². The lowest BCUT2D eigenvalue weighted by atomic mass is 9.92. The molecule has 2 fully saturated rings. The van der Waals surface area contributed by atoms with Gasteiger partial charge in [0, 0.05) is 30.5 Å². The Kier molecular flexibility index (Phi) is 6.54. The van der Waals surface area contributed by atoms with Crippen molar-refractivity contribution < 1.29 is 19.1 Å². The number of hydrogen-bond acceptors (Lipinski definition) is 5. The Labute approximate surface area is 194 Å². The zero-order valence-corrected chi connectivity index (χ0v) is 19.5. The highest BCUT2D eigenvalue weighted by Gasteiger charge is 2.36. The summed E-state index contributed by atoms with van der Waals surface area (Å²) in [6.45, 7) is 6.97. The van der Waals surface area contributed by atoms with Crippen LogP contribution in [0.5, 0.6) is 0 Å². The van der Waals surface area contributed by atoms with Gasteiger partial charge >= 0.3 is 5.97 Å². The number of likely N-dealkylation sites (tertiary alicyclic amines) is 1. The lowest BCUT2D eigenvalue weighted by Crippen LogP contribution is -2.41. The summed E-state index contributed by atoms with van der Waals surface area (Å²) in [6, 6.07) is 11.4. The molecule has 2 amide bonds. The van der Waals surface area contributed by atoms with Crippen molar-refractivity contribution in [2.45, 2.75) is 51.9 Å². The number of hydrogen-bond donors (Lipinski definition) is 1. The molecule has 1 aliphatic carbocycles. The monoisotopic (exact) mass is 452 g/mol. The van der Waals surface area contributed by atoms with Crippen LogP contribution in [0.4, 0.5) is 5.82 Å². The number of anilines is 1. The van der Waals surface area contributed by atoms with Gasteiger partial charge < -0.3 is 15.0 Å². The average molecular weight is 453 g/mol. The van der Waals surface area contributed by atoms with Crippen molar-refractivity contribution in [3.63, 3.8) is 0 Å². The van der Waals surface area contributed by atoms with Gasteiger partial charge in [-0.05, 0) is 37.8 Å². The molecule has 8 heteroatoms. The summed E-state index contributed by atoms with van der Waals surface area (Å²) in [4.78, 5) is 39.1. The molecule has 1 saturated heterocycles. The Hall–Kier alpha value is -3.16. The van der Waals surface area contributed by atoms with Crippen molar-refractivity contribution in [3.8, 4) is 5.69 Å². The second-order valence-corrected chi connectivity index (χ2v) is 9.94. The van der Waals surface area contributed by atoms with E-state index in [0.717, 1.165) is 24.2 Å². The minimum atomic E-state index is -0.415. The summed E-state index contributed by atoms with van der Waals surface area (Å²) in [5, 5.41) is 7.51. The minimum Gasteiger partial charge on any atom is -0.455 e. The first kappa shape index (κ1) is 23.0. The topological polar surface area (TPSA) is 93.5 Å². The molecule has 2 heterocycles. The fourth-order valence-electron chi connectivity index (χ4n) is 3.96. The van der Waals surface area contributed by atoms with Crippen molar-refractivity contribution in [3.05, 3.63) is 42.1 Å². The van der Waals surface area contributed by atoms with Crippen LogP contribution >= 0.6 is 0 Å². The molecule has 1 aromatic carbocycles. The van der Waals surface area contributed by atoms with Gasteiger partial charge in [0.05, 0.1) is 17.3 Å². The van der Waals surface area contributed by atoms with Crippen molar-refractivity contribution in [2.24, 2.45) is 11.8 Å². The lowest BCUT2D eigenvalue weighted by molar-refractivity contribution is -0.154. The van der Waals surface area contributed by atoms with Crippen LogP contribution in [0.2, 0.25) is 0 Å². The highest BCUT2D eigenvalue weighted by molar-refractivity contribution is 5.92. The first-order chi connectivity index (χ1) is 15.7. The van der Waals surface area contributed by atoms with Crippen LogP contribution in [-0.4, -0.2) is 52.2 Å². The van der Waals surface area contributed by atoms with Crippen LogP contribution in [0.3, 0.4) is 0 Å². The maximum atomic E-state index is 12.6. The molecule has 0 atom stereocenters. The normalized spacial score (nSPS) is 17.0. The second kappa shape index (κ2) is 9.37. The van der Waals surface area contributed by atoms with Crippen LogP contribution < -0.4 is 5.32 Å². The summed E-state index contributed by atoms with van der Waals surface area (Å²) < 4.78 is 6.99. The van der Waals surface area contributed by atoms with Crippen LogP contribution in [0.1, 0.15) is 52.1 Å². The number of carbonyl (C=O) groups is 3. The van der Waals surface area contributed by atoms with Gasteiger partial charge in [0.25, 0.3) is 5.91 Å². The largest absolute Gasteiger partial charge is 0.455 e. The van der Waals surface area contributed by atoms with Crippen LogP contribution in [0.25, 0.3) is 5.69 Å². The Morgan fingerprint density at radius 2 is 1.70 bits per heavy atom. The van der Waals surface area contributed by atoms with Crippen molar-refractivity contribution >= 4 is 23.6 Å². The van der Waals surface area contributed by atoms with Crippen molar-refractivity contribution in [2.75, 3.05) is 25.0 Å². The van der Waals surface area contributed by atoms with E-state index in [1.54, 1.807) is 4.68 Å². The standard InChI is InChI=1S/C25H32N4O4/c1-25(2,3)20-15-21(29(27-20)19-7-5-4-6-8-19)26-22(30)16-33-24(32)18-11-13-28(14-12-18)23(31)17-9-10-17/h4-8,15,17-18H,9-14,16H2,1-3H3,(H,26,30). The summed E-state index contributed by atoms with van der Waals surface area (Å²) in [5.74, 6) is -0.133. The number of para-hydroxylation sites is 1. The lowest BCUT2D eigenvalue weighted by Gasteiger charge is -2.31. The summed E-state index contributed by atoms with van der Waals surface area (Å²) in [6.07, 6.45) is 3.12. The van der Waals surface area contributed by atoms with Crippen molar-refractivity contribution in [1.29, 1.82) is 0 Å². The van der Waals surface area contributed by atoms with Gasteiger partial charge in [-0.3, -0.25) is 14.4 Å². The van der Waals surface area contributed by atoms with E-state index in [9.17, 15) is 14.4 Å². The Bertz CT molecular complexity index is 1010. The van der Waals surface area contributed by atoms with E-state index < -0.39 is 5.91 Å². The molecule has 0 spiro atoms. The van der Waals surface area contributed by atoms with Gasteiger partial charge in [0.15, 0.2) is 6.61 Å². The summed E-state index contributed by atoms with van der Waals surface area (Å²) in [5.41, 5.74) is 1.47. The van der Waals surface area contributed by atoms with Crippen LogP contribution in [0.15, 0.2) is 36.4 Å². The Morgan fingerprint density at radius 3 is 2.30 bits per heavy atom. The molecular formula is C25H32N4O4. The molecule has 0 radical (unpaired) electrons. The average Bonchev–Trinajstić information content (AvgIpc) is 3.56. The van der Waals surface area contributed by atoms with Crippen LogP contribution in [-0.2, 0) is 24.5 Å². The molecule has 1 aliphatic heterocycles. The first-order valence-electron chi connectivity index (χ1n) is 11.6. The molecule has 8 nitrogen and oxygen atoms in total. The summed E-state index contributed by atoms with van der Waals surface area (Å²) >= 11 is 0. The van der Waals surface area contributed by atoms with Gasteiger partial charge in [0.1, 0.15) is 5.82 Å². The molecule has 2 aromatic rings. The van der Waals surface area contributed by atoms with Gasteiger partial charge in [-0.2, -0.15) is 5.10 Å². The second-order valence-electron chi connectivity index (χ2n) is 9.94. The summed E-state index contributed by atoms with van der Waals surface area (Å²) in [7, 11) is 0. The predicted molar refractivity (Wildman–Crippen MR) is 124 cm³/mol. The van der Waals surface area contributed by atoms with E-state index in [-0.39, 0.29) is 35.7 Å². The Balaban J connectivity index is 1.33. The van der Waals surface area contributed by atoms with E-state index in [1.807, 2.05) is 41.3 Å². The number of ether oxygens (including phenoxy) is 1. The molecule has 1 N–H and O–H groups in total. The number of piperidine rings is 1. The minimum absolute atomic E-state index is 0.193. The predicted octanol–water partition coefficient (Wildman–Crippen LogP) is 3.30. The Morgan fingerprint density at radius 1 is 1.03 bits per heavy atom. The third-order valence-electron chi connectivity index (χ3n) is 6.16. The van der Waals surface area contributed by atoms with Crippen LogP contribution in [0, 0.1) is 11.8 Å². The molecular weight excluding hydrogens is 420 g/mol. The maximum absolute atomic E-state index is 12.6. The number of aromatic nitrogens is 2. The fraction of sp³-hybridized carbons (Fsp3) is 0.520. The molecule has 2 aliphatic rings. The van der Waals surface area contributed by atoms with Gasteiger partial charge in [0.2, 0.25) is 5.91 Å². The van der Waals surface area contributed by atoms with Gasteiger partial charge in [-0.1, -0.05) is 39.0 Å². The zero-order valence-electron chi connectivity index (χ0n) is 19.5. The SMILES string of the molecule is CC(C)(C)c1cc(NC(=O)COC(=O)C2CCN(C(=O)C3CC3)CC2)n(-c2ccccc2)n1. The molecule has 0 bridgehead atoms. The number of carbonyl (C=O) groups excluding carboxylic acids is 3. The molecule has 176 valence electrons. The smallest absolute Gasteiger partial charge is 0.309 e. The van der Waals surface area contributed by atoms with E-state index in [2.05, 4.69) is 31.2 Å². The molecule has 1 aromatic heterocycles. The highest BCUT2D eigenvalue weighted by Crippen LogP contribution is 2.32. The molecule has 33 heavy (non-hydrogen) atoms. The first-order valence-corrected chi connectivity index (χ1v) is 11.6. The van der Waals surface area contributed by atoms with E-state index >= 15 is 0 Å². The third-order valence-corrected chi connectivity index (χ3v) is 6.16. The molecule has 4 rings (SSSR count). The third kappa shape index (κ3) is 5.61. The number of rotatable bonds is 6. The van der Waals surface area contributed by atoms with E-state index in [0.29, 0.717) is 31.7 Å². The number of esters is 1. The van der Waals surface area contributed by atoms with E-state index in [1.165, 1.54) is 0 Å². The number of nitrogens with zero attached hydrogens (tertiary/aromatic N) is 3.